The number of ether oxygens (including phenoxy) is 1. The van der Waals surface area contributed by atoms with Crippen LogP contribution in [0.3, 0.4) is 0 Å². The molecule has 1 aromatic heterocycles. The third kappa shape index (κ3) is 3.62. The van der Waals surface area contributed by atoms with E-state index in [0.29, 0.717) is 19.7 Å². The van der Waals surface area contributed by atoms with Crippen LogP contribution >= 0.6 is 0 Å². The Morgan fingerprint density at radius 2 is 2.21 bits per heavy atom. The highest BCUT2D eigenvalue weighted by Crippen LogP contribution is 2.28. The molecule has 1 amide bonds. The van der Waals surface area contributed by atoms with Gasteiger partial charge in [0.15, 0.2) is 0 Å². The van der Waals surface area contributed by atoms with Gasteiger partial charge in [0.05, 0.1) is 6.61 Å². The molecule has 1 aromatic carbocycles. The monoisotopic (exact) mass is 330 g/mol. The molecule has 1 unspecified atom stereocenters. The van der Waals surface area contributed by atoms with Gasteiger partial charge in [0.2, 0.25) is 0 Å². The number of carbonyl (C=O) groups is 1. The van der Waals surface area contributed by atoms with Gasteiger partial charge in [-0.05, 0) is 12.5 Å². The summed E-state index contributed by atoms with van der Waals surface area (Å²) in [7, 11) is 1.84. The molecule has 1 fully saturated rings. The lowest BCUT2D eigenvalue weighted by Crippen LogP contribution is -2.48. The summed E-state index contributed by atoms with van der Waals surface area (Å²) >= 11 is 0. The van der Waals surface area contributed by atoms with E-state index in [1.165, 1.54) is 0 Å². The number of nitrogens with zero attached hydrogens (tertiary/aromatic N) is 1. The number of hydrogen-bond donors (Lipinski definition) is 1. The van der Waals surface area contributed by atoms with Gasteiger partial charge in [0, 0.05) is 44.1 Å². The Morgan fingerprint density at radius 1 is 1.38 bits per heavy atom. The van der Waals surface area contributed by atoms with Crippen molar-refractivity contribution in [3.63, 3.8) is 0 Å². The van der Waals surface area contributed by atoms with Crippen molar-refractivity contribution in [3.8, 4) is 0 Å². The molecule has 0 bridgehead atoms. The van der Waals surface area contributed by atoms with Crippen molar-refractivity contribution >= 4 is 16.9 Å². The molecule has 1 aliphatic heterocycles. The van der Waals surface area contributed by atoms with E-state index in [0.717, 1.165) is 48.1 Å². The zero-order valence-corrected chi connectivity index (χ0v) is 14.5. The van der Waals surface area contributed by atoms with E-state index in [1.807, 2.05) is 25.2 Å². The number of benzene rings is 1. The standard InChI is InChI=1S/C19H26N2O3/c1-3-4-8-17-15(14-7-5-6-9-16(14)24-17)13-21(2)19(22)18-12-20-10-11-23-18/h5-7,9,18,20H,3-4,8,10-13H2,1-2H3. The van der Waals surface area contributed by atoms with E-state index in [4.69, 9.17) is 9.15 Å². The van der Waals surface area contributed by atoms with Crippen LogP contribution in [0.1, 0.15) is 31.1 Å². The number of para-hydroxylation sites is 1. The largest absolute Gasteiger partial charge is 0.461 e. The molecule has 5 heteroatoms. The number of unbranched alkanes of at least 4 members (excludes halogenated alkanes) is 1. The Bertz CT molecular complexity index is 689. The van der Waals surface area contributed by atoms with E-state index in [-0.39, 0.29) is 12.0 Å². The summed E-state index contributed by atoms with van der Waals surface area (Å²) in [6.07, 6.45) is 2.72. The first-order valence-corrected chi connectivity index (χ1v) is 8.77. The van der Waals surface area contributed by atoms with Crippen LogP contribution in [0.15, 0.2) is 28.7 Å². The number of furan rings is 1. The third-order valence-corrected chi connectivity index (χ3v) is 4.51. The van der Waals surface area contributed by atoms with Crippen LogP contribution in [0.5, 0.6) is 0 Å². The van der Waals surface area contributed by atoms with Crippen molar-refractivity contribution in [2.75, 3.05) is 26.7 Å². The molecule has 1 atom stereocenters. The third-order valence-electron chi connectivity index (χ3n) is 4.51. The maximum atomic E-state index is 12.6. The first kappa shape index (κ1) is 17.0. The van der Waals surface area contributed by atoms with Gasteiger partial charge in [-0.25, -0.2) is 0 Å². The summed E-state index contributed by atoms with van der Waals surface area (Å²) in [6, 6.07) is 8.06. The Hall–Kier alpha value is -1.85. The SMILES string of the molecule is CCCCc1oc2ccccc2c1CN(C)C(=O)C1CNCCO1. The number of hydrogen-bond acceptors (Lipinski definition) is 4. The van der Waals surface area contributed by atoms with E-state index in [2.05, 4.69) is 18.3 Å². The van der Waals surface area contributed by atoms with Gasteiger partial charge >= 0.3 is 0 Å². The normalized spacial score (nSPS) is 18.0. The summed E-state index contributed by atoms with van der Waals surface area (Å²) < 4.78 is 11.6. The fraction of sp³-hybridized carbons (Fsp3) is 0.526. The van der Waals surface area contributed by atoms with Gasteiger partial charge in [-0.3, -0.25) is 4.79 Å². The highest BCUT2D eigenvalue weighted by molar-refractivity contribution is 5.84. The molecule has 2 heterocycles. The lowest BCUT2D eigenvalue weighted by Gasteiger charge is -2.27. The van der Waals surface area contributed by atoms with E-state index in [9.17, 15) is 4.79 Å². The first-order valence-electron chi connectivity index (χ1n) is 8.77. The average molecular weight is 330 g/mol. The maximum Gasteiger partial charge on any atom is 0.253 e. The van der Waals surface area contributed by atoms with Gasteiger partial charge in [-0.1, -0.05) is 31.5 Å². The molecule has 1 saturated heterocycles. The second kappa shape index (κ2) is 7.81. The number of morpholine rings is 1. The predicted octanol–water partition coefficient (Wildman–Crippen LogP) is 2.72. The van der Waals surface area contributed by atoms with E-state index >= 15 is 0 Å². The van der Waals surface area contributed by atoms with E-state index in [1.54, 1.807) is 4.90 Å². The lowest BCUT2D eigenvalue weighted by atomic mass is 10.1. The van der Waals surface area contributed by atoms with Crippen LogP contribution in [-0.2, 0) is 22.5 Å². The Balaban J connectivity index is 1.80. The molecule has 0 radical (unpaired) electrons. The van der Waals surface area contributed by atoms with Crippen molar-refractivity contribution in [1.29, 1.82) is 0 Å². The number of aryl methyl sites for hydroxylation is 1. The number of nitrogens with one attached hydrogen (secondary N) is 1. The molecule has 0 aliphatic carbocycles. The van der Waals surface area contributed by atoms with Crippen molar-refractivity contribution in [1.82, 2.24) is 10.2 Å². The Labute approximate surface area is 143 Å². The topological polar surface area (TPSA) is 54.7 Å². The lowest BCUT2D eigenvalue weighted by molar-refractivity contribution is -0.144. The van der Waals surface area contributed by atoms with Crippen LogP contribution in [-0.4, -0.2) is 43.7 Å². The molecular formula is C19H26N2O3. The number of fused-ring (bicyclic) bond motifs is 1. The van der Waals surface area contributed by atoms with Crippen LogP contribution in [0, 0.1) is 0 Å². The van der Waals surface area contributed by atoms with Crippen molar-refractivity contribution < 1.29 is 13.9 Å². The fourth-order valence-electron chi connectivity index (χ4n) is 3.15. The first-order chi connectivity index (χ1) is 11.7. The zero-order valence-electron chi connectivity index (χ0n) is 14.5. The molecular weight excluding hydrogens is 304 g/mol. The van der Waals surface area contributed by atoms with Gasteiger partial charge in [0.1, 0.15) is 17.4 Å². The van der Waals surface area contributed by atoms with Crippen molar-refractivity contribution in [2.45, 2.75) is 38.8 Å². The molecule has 0 saturated carbocycles. The average Bonchev–Trinajstić information content (AvgIpc) is 2.97. The molecule has 3 rings (SSSR count). The predicted molar refractivity (Wildman–Crippen MR) is 93.9 cm³/mol. The second-order valence-electron chi connectivity index (χ2n) is 6.36. The minimum Gasteiger partial charge on any atom is -0.461 e. The van der Waals surface area contributed by atoms with Gasteiger partial charge in [0.25, 0.3) is 5.91 Å². The molecule has 24 heavy (non-hydrogen) atoms. The highest BCUT2D eigenvalue weighted by atomic mass is 16.5. The molecule has 0 spiro atoms. The number of amides is 1. The van der Waals surface area contributed by atoms with Crippen LogP contribution in [0.2, 0.25) is 0 Å². The summed E-state index contributed by atoms with van der Waals surface area (Å²) in [5.74, 6) is 1.02. The maximum absolute atomic E-state index is 12.6. The van der Waals surface area contributed by atoms with Gasteiger partial charge < -0.3 is 19.4 Å². The highest BCUT2D eigenvalue weighted by Gasteiger charge is 2.26. The number of carbonyl (C=O) groups excluding carboxylic acids is 1. The zero-order chi connectivity index (χ0) is 16.9. The molecule has 130 valence electrons. The number of likely N-dealkylation sites (N-methyl/N-ethyl adjacent to an activating group) is 1. The van der Waals surface area contributed by atoms with Gasteiger partial charge in [-0.15, -0.1) is 0 Å². The summed E-state index contributed by atoms with van der Waals surface area (Å²) in [5, 5.41) is 4.31. The quantitative estimate of drug-likeness (QED) is 0.885. The molecule has 5 nitrogen and oxygen atoms in total. The fourth-order valence-corrected chi connectivity index (χ4v) is 3.15. The summed E-state index contributed by atoms with van der Waals surface area (Å²) in [5.41, 5.74) is 2.02. The van der Waals surface area contributed by atoms with Crippen LogP contribution in [0.4, 0.5) is 0 Å². The Kier molecular flexibility index (Phi) is 5.53. The van der Waals surface area contributed by atoms with Crippen molar-refractivity contribution in [2.24, 2.45) is 0 Å². The van der Waals surface area contributed by atoms with Gasteiger partial charge in [-0.2, -0.15) is 0 Å². The molecule has 1 aliphatic rings. The van der Waals surface area contributed by atoms with Crippen molar-refractivity contribution in [3.05, 3.63) is 35.6 Å². The minimum atomic E-state index is -0.388. The van der Waals surface area contributed by atoms with E-state index < -0.39 is 0 Å². The summed E-state index contributed by atoms with van der Waals surface area (Å²) in [6.45, 7) is 4.69. The van der Waals surface area contributed by atoms with Crippen LogP contribution < -0.4 is 5.32 Å². The minimum absolute atomic E-state index is 0.0222. The van der Waals surface area contributed by atoms with Crippen LogP contribution in [0.25, 0.3) is 11.0 Å². The number of rotatable bonds is 6. The molecule has 1 N–H and O–H groups in total. The smallest absolute Gasteiger partial charge is 0.253 e. The summed E-state index contributed by atoms with van der Waals surface area (Å²) in [4.78, 5) is 14.4. The molecule has 2 aromatic rings. The Morgan fingerprint density at radius 3 is 2.96 bits per heavy atom. The second-order valence-corrected chi connectivity index (χ2v) is 6.36.